The van der Waals surface area contributed by atoms with Gasteiger partial charge in [0.1, 0.15) is 0 Å². The lowest BCUT2D eigenvalue weighted by atomic mass is 9.48. The average molecular weight is 568 g/mol. The summed E-state index contributed by atoms with van der Waals surface area (Å²) >= 11 is 0. The van der Waals surface area contributed by atoms with Crippen LogP contribution in [-0.2, 0) is 4.74 Å². The van der Waals surface area contributed by atoms with Crippen LogP contribution in [-0.4, -0.2) is 52.9 Å². The molecular weight excluding hydrogens is 498 g/mol. The molecule has 4 unspecified atom stereocenters. The van der Waals surface area contributed by atoms with Crippen LogP contribution in [0.4, 0.5) is 0 Å². The van der Waals surface area contributed by atoms with E-state index in [0.29, 0.717) is 41.1 Å². The highest BCUT2D eigenvalue weighted by molar-refractivity contribution is 5.31. The van der Waals surface area contributed by atoms with E-state index in [-0.39, 0.29) is 23.7 Å². The van der Waals surface area contributed by atoms with Gasteiger partial charge in [-0.3, -0.25) is 0 Å². The second-order valence-corrected chi connectivity index (χ2v) is 14.3. The Bertz CT molecular complexity index is 765. The third kappa shape index (κ3) is 5.70. The summed E-state index contributed by atoms with van der Waals surface area (Å²) in [6.45, 7) is 21.6. The smallest absolute Gasteiger partial charge is 0.0856 e. The first-order valence-corrected chi connectivity index (χ1v) is 17.2. The minimum atomic E-state index is -0.819. The van der Waals surface area contributed by atoms with Gasteiger partial charge < -0.3 is 25.8 Å². The van der Waals surface area contributed by atoms with Crippen LogP contribution in [0.2, 0.25) is 0 Å². The SMILES string of the molecule is CC.CC.CCO[C@@H](CCC[C@@H]1C2CC[C@@]34[C@H](C)C35CC[C@H](O)C(C)(C)C5CC[C@H]4C2C[C@H]1O)C(C)(C)O.CN. The van der Waals surface area contributed by atoms with E-state index in [1.165, 1.54) is 39.2 Å². The quantitative estimate of drug-likeness (QED) is 0.261. The largest absolute Gasteiger partial charge is 0.393 e. The third-order valence-corrected chi connectivity index (χ3v) is 12.6. The monoisotopic (exact) mass is 568 g/mol. The number of aliphatic hydroxyl groups is 3. The standard InChI is InChI=1S/C30H52O4.2C2H6.CH5N/c1-7-34-26(28(5,6)33)10-8-9-20-19-13-15-29-18(2)30(29)16-14-25(32)27(3,4)24(30)12-11-22(29)21(19)17-23(20)31;3*1-2/h18-26,31-33H,7-17H2,1-6H3;2*1-2H3;2H2,1H3/t18-,19?,20+,21?,22-,23+,24?,25-,26-,29-,30?;;;/m0.../s1. The van der Waals surface area contributed by atoms with Crippen molar-refractivity contribution < 1.29 is 20.1 Å². The van der Waals surface area contributed by atoms with Crippen molar-refractivity contribution in [2.75, 3.05) is 13.7 Å². The Hall–Kier alpha value is -0.200. The minimum absolute atomic E-state index is 0.0349. The van der Waals surface area contributed by atoms with E-state index in [1.54, 1.807) is 0 Å². The molecule has 0 bridgehead atoms. The van der Waals surface area contributed by atoms with E-state index in [4.69, 9.17) is 4.74 Å². The maximum atomic E-state index is 11.2. The van der Waals surface area contributed by atoms with Gasteiger partial charge in [-0.2, -0.15) is 0 Å². The van der Waals surface area contributed by atoms with E-state index < -0.39 is 5.60 Å². The van der Waals surface area contributed by atoms with Crippen LogP contribution in [0, 0.1) is 51.8 Å². The van der Waals surface area contributed by atoms with E-state index in [9.17, 15) is 15.3 Å². The Labute approximate surface area is 248 Å². The van der Waals surface area contributed by atoms with Gasteiger partial charge in [-0.15, -0.1) is 0 Å². The van der Waals surface area contributed by atoms with Gasteiger partial charge in [-0.25, -0.2) is 0 Å². The zero-order chi connectivity index (χ0) is 30.7. The molecule has 40 heavy (non-hydrogen) atoms. The molecule has 5 aliphatic carbocycles. The van der Waals surface area contributed by atoms with Crippen LogP contribution in [0.25, 0.3) is 0 Å². The molecule has 5 heteroatoms. The number of nitrogens with two attached hydrogens (primary N) is 1. The molecule has 2 spiro atoms. The molecular formula is C35H69NO4. The van der Waals surface area contributed by atoms with E-state index in [1.807, 2.05) is 48.5 Å². The number of aliphatic hydroxyl groups excluding tert-OH is 2. The lowest BCUT2D eigenvalue weighted by Gasteiger charge is -2.57. The Kier molecular flexibility index (Phi) is 12.6. The van der Waals surface area contributed by atoms with Gasteiger partial charge in [0.15, 0.2) is 0 Å². The summed E-state index contributed by atoms with van der Waals surface area (Å²) in [7, 11) is 1.50. The lowest BCUT2D eigenvalue weighted by molar-refractivity contribution is -0.122. The van der Waals surface area contributed by atoms with E-state index in [2.05, 4.69) is 26.5 Å². The molecule has 5 nitrogen and oxygen atoms in total. The molecule has 5 saturated carbocycles. The molecule has 0 radical (unpaired) electrons. The van der Waals surface area contributed by atoms with Crippen molar-refractivity contribution in [3.05, 3.63) is 0 Å². The van der Waals surface area contributed by atoms with Crippen molar-refractivity contribution in [1.29, 1.82) is 0 Å². The zero-order valence-corrected chi connectivity index (χ0v) is 28.3. The van der Waals surface area contributed by atoms with E-state index >= 15 is 0 Å². The molecule has 0 amide bonds. The minimum Gasteiger partial charge on any atom is -0.393 e. The molecule has 0 aromatic heterocycles. The summed E-state index contributed by atoms with van der Waals surface area (Å²) in [6, 6.07) is 0. The van der Waals surface area contributed by atoms with Crippen molar-refractivity contribution >= 4 is 0 Å². The molecule has 0 aromatic carbocycles. The third-order valence-electron chi connectivity index (χ3n) is 12.6. The fourth-order valence-corrected chi connectivity index (χ4v) is 11.2. The molecule has 0 saturated heterocycles. The topological polar surface area (TPSA) is 95.9 Å². The van der Waals surface area contributed by atoms with E-state index in [0.717, 1.165) is 43.9 Å². The molecule has 0 aliphatic heterocycles. The summed E-state index contributed by atoms with van der Waals surface area (Å²) in [4.78, 5) is 0. The van der Waals surface area contributed by atoms with Crippen LogP contribution in [0.5, 0.6) is 0 Å². The normalized spacial score (nSPS) is 43.0. The summed E-state index contributed by atoms with van der Waals surface area (Å²) < 4.78 is 5.85. The van der Waals surface area contributed by atoms with Crippen molar-refractivity contribution in [2.24, 2.45) is 57.5 Å². The first-order chi connectivity index (χ1) is 18.9. The summed E-state index contributed by atoms with van der Waals surface area (Å²) in [5.41, 5.74) is 4.64. The van der Waals surface area contributed by atoms with Gasteiger partial charge in [0.2, 0.25) is 0 Å². The van der Waals surface area contributed by atoms with Crippen LogP contribution >= 0.6 is 0 Å². The molecule has 5 rings (SSSR count). The number of hydrogen-bond acceptors (Lipinski definition) is 5. The second-order valence-electron chi connectivity index (χ2n) is 14.3. The summed E-state index contributed by atoms with van der Waals surface area (Å²) in [5, 5.41) is 32.6. The molecule has 5 N–H and O–H groups in total. The van der Waals surface area contributed by atoms with Gasteiger partial charge >= 0.3 is 0 Å². The maximum absolute atomic E-state index is 11.2. The Morgan fingerprint density at radius 3 is 2.10 bits per heavy atom. The van der Waals surface area contributed by atoms with Gasteiger partial charge in [0.25, 0.3) is 0 Å². The van der Waals surface area contributed by atoms with Crippen LogP contribution in [0.3, 0.4) is 0 Å². The van der Waals surface area contributed by atoms with Gasteiger partial charge in [-0.1, -0.05) is 54.9 Å². The van der Waals surface area contributed by atoms with Crippen molar-refractivity contribution in [2.45, 2.75) is 157 Å². The zero-order valence-electron chi connectivity index (χ0n) is 28.3. The maximum Gasteiger partial charge on any atom is 0.0856 e. The highest BCUT2D eigenvalue weighted by Crippen LogP contribution is 2.88. The first kappa shape index (κ1) is 36.0. The second kappa shape index (κ2) is 14.1. The Morgan fingerprint density at radius 1 is 0.925 bits per heavy atom. The Morgan fingerprint density at radius 2 is 1.52 bits per heavy atom. The van der Waals surface area contributed by atoms with Crippen LogP contribution in [0.1, 0.15) is 133 Å². The molecule has 5 fully saturated rings. The van der Waals surface area contributed by atoms with Gasteiger partial charge in [0.05, 0.1) is 23.9 Å². The number of rotatable bonds is 7. The fraction of sp³-hybridized carbons (Fsp3) is 1.00. The highest BCUT2D eigenvalue weighted by Gasteiger charge is 2.83. The summed E-state index contributed by atoms with van der Waals surface area (Å²) in [6.07, 6.45) is 10.9. The highest BCUT2D eigenvalue weighted by atomic mass is 16.5. The molecule has 11 atom stereocenters. The number of ether oxygens (including phenoxy) is 1. The molecule has 0 aromatic rings. The Balaban J connectivity index is 0.000000876. The summed E-state index contributed by atoms with van der Waals surface area (Å²) in [5.74, 6) is 3.98. The van der Waals surface area contributed by atoms with Crippen LogP contribution in [0.15, 0.2) is 0 Å². The van der Waals surface area contributed by atoms with Gasteiger partial charge in [0, 0.05) is 6.61 Å². The molecule has 0 heterocycles. The number of fused-ring (bicyclic) bond motifs is 2. The predicted octanol–water partition coefficient (Wildman–Crippen LogP) is 7.20. The number of hydrogen-bond donors (Lipinski definition) is 4. The fourth-order valence-electron chi connectivity index (χ4n) is 11.2. The van der Waals surface area contributed by atoms with Crippen molar-refractivity contribution in [3.8, 4) is 0 Å². The predicted molar refractivity (Wildman–Crippen MR) is 168 cm³/mol. The van der Waals surface area contributed by atoms with Crippen molar-refractivity contribution in [1.82, 2.24) is 0 Å². The lowest BCUT2D eigenvalue weighted by Crippen LogP contribution is -2.52. The molecule has 238 valence electrons. The van der Waals surface area contributed by atoms with Crippen molar-refractivity contribution in [3.63, 3.8) is 0 Å². The first-order valence-electron chi connectivity index (χ1n) is 17.2. The van der Waals surface area contributed by atoms with Crippen LogP contribution < -0.4 is 5.73 Å². The molecule has 5 aliphatic rings. The van der Waals surface area contributed by atoms with Gasteiger partial charge in [-0.05, 0) is 137 Å². The average Bonchev–Trinajstić information content (AvgIpc) is 3.29.